The van der Waals surface area contributed by atoms with E-state index < -0.39 is 11.7 Å². The summed E-state index contributed by atoms with van der Waals surface area (Å²) < 4.78 is 39.9. The predicted molar refractivity (Wildman–Crippen MR) is 69.9 cm³/mol. The zero-order valence-corrected chi connectivity index (χ0v) is 10.5. The van der Waals surface area contributed by atoms with Crippen LogP contribution in [0, 0.1) is 0 Å². The van der Waals surface area contributed by atoms with Gasteiger partial charge in [0.15, 0.2) is 0 Å². The van der Waals surface area contributed by atoms with Gasteiger partial charge >= 0.3 is 6.18 Å². The molecular formula is C13H11F3N4. The van der Waals surface area contributed by atoms with Gasteiger partial charge in [0.1, 0.15) is 5.82 Å². The van der Waals surface area contributed by atoms with Crippen LogP contribution in [0.1, 0.15) is 5.56 Å². The summed E-state index contributed by atoms with van der Waals surface area (Å²) in [5.74, 6) is 0.337. The molecule has 3 aromatic rings. The molecule has 0 spiro atoms. The van der Waals surface area contributed by atoms with E-state index in [2.05, 4.69) is 10.2 Å². The molecule has 1 aromatic carbocycles. The van der Waals surface area contributed by atoms with Crippen LogP contribution in [0.3, 0.4) is 0 Å². The van der Waals surface area contributed by atoms with Crippen LogP contribution < -0.4 is 5.73 Å². The van der Waals surface area contributed by atoms with Crippen molar-refractivity contribution in [2.75, 3.05) is 5.73 Å². The monoisotopic (exact) mass is 280 g/mol. The Morgan fingerprint density at radius 1 is 1.25 bits per heavy atom. The first-order chi connectivity index (χ1) is 9.36. The number of benzene rings is 1. The first kappa shape index (κ1) is 12.6. The lowest BCUT2D eigenvalue weighted by Crippen LogP contribution is -2.04. The van der Waals surface area contributed by atoms with Crippen molar-refractivity contribution >= 4 is 16.7 Å². The van der Waals surface area contributed by atoms with Gasteiger partial charge in [-0.3, -0.25) is 5.10 Å². The average Bonchev–Trinajstić information content (AvgIpc) is 2.93. The van der Waals surface area contributed by atoms with E-state index in [9.17, 15) is 13.2 Å². The highest BCUT2D eigenvalue weighted by Gasteiger charge is 2.31. The number of nitrogens with two attached hydrogens (primary N) is 1. The molecule has 104 valence electrons. The summed E-state index contributed by atoms with van der Waals surface area (Å²) in [7, 11) is 1.70. The van der Waals surface area contributed by atoms with Crippen molar-refractivity contribution in [3.05, 3.63) is 36.0 Å². The summed E-state index contributed by atoms with van der Waals surface area (Å²) in [5.41, 5.74) is 6.83. The van der Waals surface area contributed by atoms with Crippen LogP contribution in [-0.4, -0.2) is 14.8 Å². The van der Waals surface area contributed by atoms with Gasteiger partial charge in [0, 0.05) is 35.8 Å². The number of rotatable bonds is 1. The standard InChI is InChI=1S/C13H11F3N4/c1-20-6-9(10-5-12(17)19-18-10)8-3-2-7(4-11(8)20)13(14,15)16/h2-6H,1H3,(H3,17,18,19). The molecule has 0 aliphatic carbocycles. The van der Waals surface area contributed by atoms with Crippen molar-refractivity contribution in [1.29, 1.82) is 0 Å². The topological polar surface area (TPSA) is 59.6 Å². The van der Waals surface area contributed by atoms with E-state index in [0.29, 0.717) is 22.4 Å². The number of H-pyrrole nitrogens is 1. The fourth-order valence-electron chi connectivity index (χ4n) is 2.25. The summed E-state index contributed by atoms with van der Waals surface area (Å²) in [5, 5.41) is 7.30. The second kappa shape index (κ2) is 4.03. The Morgan fingerprint density at radius 3 is 2.60 bits per heavy atom. The molecule has 0 fully saturated rings. The molecule has 2 aromatic heterocycles. The van der Waals surface area contributed by atoms with Crippen molar-refractivity contribution in [3.63, 3.8) is 0 Å². The molecular weight excluding hydrogens is 269 g/mol. The number of anilines is 1. The van der Waals surface area contributed by atoms with Crippen LogP contribution in [0.2, 0.25) is 0 Å². The lowest BCUT2D eigenvalue weighted by molar-refractivity contribution is -0.137. The summed E-state index contributed by atoms with van der Waals surface area (Å²) in [4.78, 5) is 0. The predicted octanol–water partition coefficient (Wildman–Crippen LogP) is 3.17. The van der Waals surface area contributed by atoms with E-state index in [0.717, 1.165) is 17.7 Å². The normalized spacial score (nSPS) is 12.2. The Labute approximate surface area is 112 Å². The van der Waals surface area contributed by atoms with Gasteiger partial charge in [0.2, 0.25) is 0 Å². The minimum atomic E-state index is -4.35. The van der Waals surface area contributed by atoms with E-state index in [4.69, 9.17) is 5.73 Å². The minimum Gasteiger partial charge on any atom is -0.382 e. The Kier molecular flexibility index (Phi) is 2.53. The molecule has 0 saturated heterocycles. The molecule has 0 aliphatic rings. The largest absolute Gasteiger partial charge is 0.416 e. The number of alkyl halides is 3. The van der Waals surface area contributed by atoms with Crippen molar-refractivity contribution in [1.82, 2.24) is 14.8 Å². The van der Waals surface area contributed by atoms with Gasteiger partial charge in [-0.2, -0.15) is 18.3 Å². The van der Waals surface area contributed by atoms with Crippen molar-refractivity contribution < 1.29 is 13.2 Å². The number of nitrogens with zero attached hydrogens (tertiary/aromatic N) is 2. The molecule has 0 atom stereocenters. The molecule has 3 N–H and O–H groups in total. The Balaban J connectivity index is 2.22. The number of hydrogen-bond donors (Lipinski definition) is 2. The van der Waals surface area contributed by atoms with Gasteiger partial charge in [-0.25, -0.2) is 0 Å². The number of hydrogen-bond acceptors (Lipinski definition) is 2. The molecule has 3 rings (SSSR count). The number of aromatic amines is 1. The smallest absolute Gasteiger partial charge is 0.382 e. The van der Waals surface area contributed by atoms with Crippen LogP contribution >= 0.6 is 0 Å². The van der Waals surface area contributed by atoms with Gasteiger partial charge < -0.3 is 10.3 Å². The number of nitrogens with one attached hydrogen (secondary N) is 1. The summed E-state index contributed by atoms with van der Waals surface area (Å²) in [6.45, 7) is 0. The van der Waals surface area contributed by atoms with E-state index in [-0.39, 0.29) is 0 Å². The summed E-state index contributed by atoms with van der Waals surface area (Å²) >= 11 is 0. The van der Waals surface area contributed by atoms with Gasteiger partial charge in [-0.1, -0.05) is 6.07 Å². The molecule has 0 saturated carbocycles. The Hall–Kier alpha value is -2.44. The SMILES string of the molecule is Cn1cc(-c2cc(N)n[nH]2)c2ccc(C(F)(F)F)cc21. The highest BCUT2D eigenvalue weighted by molar-refractivity contribution is 5.95. The lowest BCUT2D eigenvalue weighted by Gasteiger charge is -2.07. The Morgan fingerprint density at radius 2 is 2.00 bits per heavy atom. The van der Waals surface area contributed by atoms with Crippen molar-refractivity contribution in [3.8, 4) is 11.3 Å². The maximum atomic E-state index is 12.7. The first-order valence-electron chi connectivity index (χ1n) is 5.84. The molecule has 7 heteroatoms. The summed E-state index contributed by atoms with van der Waals surface area (Å²) in [6.07, 6.45) is -2.60. The Bertz CT molecular complexity index is 783. The average molecular weight is 280 g/mol. The second-order valence-corrected chi connectivity index (χ2v) is 4.59. The van der Waals surface area contributed by atoms with Crippen molar-refractivity contribution in [2.24, 2.45) is 7.05 Å². The fraction of sp³-hybridized carbons (Fsp3) is 0.154. The molecule has 20 heavy (non-hydrogen) atoms. The number of aryl methyl sites for hydroxylation is 1. The number of aromatic nitrogens is 3. The first-order valence-corrected chi connectivity index (χ1v) is 5.84. The fourth-order valence-corrected chi connectivity index (χ4v) is 2.25. The van der Waals surface area contributed by atoms with E-state index in [1.807, 2.05) is 0 Å². The van der Waals surface area contributed by atoms with E-state index >= 15 is 0 Å². The number of halogens is 3. The number of fused-ring (bicyclic) bond motifs is 1. The van der Waals surface area contributed by atoms with Crippen molar-refractivity contribution in [2.45, 2.75) is 6.18 Å². The van der Waals surface area contributed by atoms with Crippen LogP contribution in [0.5, 0.6) is 0 Å². The third kappa shape index (κ3) is 1.91. The van der Waals surface area contributed by atoms with E-state index in [1.54, 1.807) is 23.9 Å². The molecule has 0 bridgehead atoms. The van der Waals surface area contributed by atoms with Gasteiger partial charge in [-0.15, -0.1) is 0 Å². The zero-order chi connectivity index (χ0) is 14.5. The summed E-state index contributed by atoms with van der Waals surface area (Å²) in [6, 6.07) is 5.32. The molecule has 0 aliphatic heterocycles. The van der Waals surface area contributed by atoms with E-state index in [1.165, 1.54) is 6.07 Å². The minimum absolute atomic E-state index is 0.337. The van der Waals surface area contributed by atoms with Gasteiger partial charge in [-0.05, 0) is 12.1 Å². The van der Waals surface area contributed by atoms with Gasteiger partial charge in [0.25, 0.3) is 0 Å². The van der Waals surface area contributed by atoms with Crippen LogP contribution in [0.15, 0.2) is 30.5 Å². The van der Waals surface area contributed by atoms with Crippen LogP contribution in [-0.2, 0) is 13.2 Å². The number of nitrogen functional groups attached to an aromatic ring is 1. The third-order valence-corrected chi connectivity index (χ3v) is 3.21. The maximum Gasteiger partial charge on any atom is 0.416 e. The second-order valence-electron chi connectivity index (χ2n) is 4.59. The molecule has 4 nitrogen and oxygen atoms in total. The highest BCUT2D eigenvalue weighted by Crippen LogP contribution is 2.35. The lowest BCUT2D eigenvalue weighted by atomic mass is 10.1. The van der Waals surface area contributed by atoms with Gasteiger partial charge in [0.05, 0.1) is 11.3 Å². The quantitative estimate of drug-likeness (QED) is 0.719. The highest BCUT2D eigenvalue weighted by atomic mass is 19.4. The molecule has 0 amide bonds. The zero-order valence-electron chi connectivity index (χ0n) is 10.5. The third-order valence-electron chi connectivity index (χ3n) is 3.21. The molecule has 2 heterocycles. The van der Waals surface area contributed by atoms with Crippen LogP contribution in [0.4, 0.5) is 19.0 Å². The molecule has 0 radical (unpaired) electrons. The molecule has 0 unspecified atom stereocenters. The maximum absolute atomic E-state index is 12.7. The van der Waals surface area contributed by atoms with Crippen LogP contribution in [0.25, 0.3) is 22.2 Å².